The number of carbonyl (C=O) groups is 1. The number of Topliss-reactive ketones (excluding diaryl/α,β-unsaturated/α-hetero) is 1. The predicted octanol–water partition coefficient (Wildman–Crippen LogP) is 2.43. The number of fused-ring (bicyclic) bond motifs is 1. The fourth-order valence-corrected chi connectivity index (χ4v) is 2.08. The van der Waals surface area contributed by atoms with E-state index in [4.69, 9.17) is 4.74 Å². The van der Waals surface area contributed by atoms with E-state index < -0.39 is 5.82 Å². The van der Waals surface area contributed by atoms with Crippen molar-refractivity contribution in [1.82, 2.24) is 0 Å². The van der Waals surface area contributed by atoms with Crippen molar-refractivity contribution in [2.75, 3.05) is 0 Å². The predicted molar refractivity (Wildman–Crippen MR) is 58.1 cm³/mol. The van der Waals surface area contributed by atoms with Crippen LogP contribution < -0.4 is 4.74 Å². The summed E-state index contributed by atoms with van der Waals surface area (Å²) in [6.07, 6.45) is 1.97. The highest BCUT2D eigenvalue weighted by Crippen LogP contribution is 2.34. The van der Waals surface area contributed by atoms with Gasteiger partial charge in [0, 0.05) is 18.1 Å². The average molecular weight is 232 g/mol. The van der Waals surface area contributed by atoms with Gasteiger partial charge >= 0.3 is 0 Å². The molecule has 1 N–H and O–H groups in total. The van der Waals surface area contributed by atoms with Crippen molar-refractivity contribution in [1.29, 1.82) is 0 Å². The summed E-state index contributed by atoms with van der Waals surface area (Å²) in [5.74, 6) is -0.0138. The highest BCUT2D eigenvalue weighted by Gasteiger charge is 2.28. The SMILES string of the molecule is O=C1CC(O)=CC2=C1Oc1cc(F)ccc1C2. The first-order valence-electron chi connectivity index (χ1n) is 5.25. The molecule has 1 heterocycles. The maximum atomic E-state index is 13.0. The van der Waals surface area contributed by atoms with E-state index in [1.165, 1.54) is 12.1 Å². The number of carbonyl (C=O) groups excluding carboxylic acids is 1. The van der Waals surface area contributed by atoms with E-state index in [0.717, 1.165) is 5.56 Å². The van der Waals surface area contributed by atoms with Gasteiger partial charge in [0.15, 0.2) is 5.76 Å². The minimum Gasteiger partial charge on any atom is -0.512 e. The highest BCUT2D eigenvalue weighted by atomic mass is 19.1. The van der Waals surface area contributed by atoms with Crippen LogP contribution in [0.15, 0.2) is 41.4 Å². The number of hydrogen-bond acceptors (Lipinski definition) is 3. The number of ketones is 1. The molecule has 0 radical (unpaired) electrons. The first kappa shape index (κ1) is 10.1. The molecule has 0 unspecified atom stereocenters. The van der Waals surface area contributed by atoms with Gasteiger partial charge in [-0.1, -0.05) is 6.07 Å². The number of ether oxygens (including phenoxy) is 1. The number of aliphatic hydroxyl groups excluding tert-OH is 1. The quantitative estimate of drug-likeness (QED) is 0.747. The van der Waals surface area contributed by atoms with E-state index >= 15 is 0 Å². The summed E-state index contributed by atoms with van der Waals surface area (Å²) in [7, 11) is 0. The second kappa shape index (κ2) is 3.45. The molecule has 1 aromatic carbocycles. The monoisotopic (exact) mass is 232 g/mol. The van der Waals surface area contributed by atoms with Crippen molar-refractivity contribution >= 4 is 5.78 Å². The van der Waals surface area contributed by atoms with Crippen LogP contribution in [-0.2, 0) is 11.2 Å². The van der Waals surface area contributed by atoms with E-state index in [1.807, 2.05) is 0 Å². The molecule has 86 valence electrons. The molecule has 4 heteroatoms. The third-order valence-corrected chi connectivity index (χ3v) is 2.85. The Morgan fingerprint density at radius 2 is 2.12 bits per heavy atom. The molecule has 0 spiro atoms. The summed E-state index contributed by atoms with van der Waals surface area (Å²) >= 11 is 0. The van der Waals surface area contributed by atoms with Crippen molar-refractivity contribution in [3.8, 4) is 5.75 Å². The Morgan fingerprint density at radius 3 is 2.94 bits per heavy atom. The lowest BCUT2D eigenvalue weighted by atomic mass is 9.93. The van der Waals surface area contributed by atoms with Crippen LogP contribution in [0.2, 0.25) is 0 Å². The van der Waals surface area contributed by atoms with Crippen LogP contribution in [0, 0.1) is 5.82 Å². The van der Waals surface area contributed by atoms with Gasteiger partial charge in [-0.3, -0.25) is 4.79 Å². The fourth-order valence-electron chi connectivity index (χ4n) is 2.08. The van der Waals surface area contributed by atoms with E-state index in [-0.39, 0.29) is 23.7 Å². The number of allylic oxidation sites excluding steroid dienone is 4. The number of aliphatic hydroxyl groups is 1. The lowest BCUT2D eigenvalue weighted by Crippen LogP contribution is -2.21. The van der Waals surface area contributed by atoms with Crippen molar-refractivity contribution in [2.45, 2.75) is 12.8 Å². The van der Waals surface area contributed by atoms with Gasteiger partial charge < -0.3 is 9.84 Å². The van der Waals surface area contributed by atoms with Gasteiger partial charge in [-0.2, -0.15) is 0 Å². The Bertz CT molecular complexity index is 584. The van der Waals surface area contributed by atoms with Gasteiger partial charge in [0.2, 0.25) is 5.78 Å². The van der Waals surface area contributed by atoms with Gasteiger partial charge in [0.1, 0.15) is 17.3 Å². The standard InChI is InChI=1S/C13H9FO3/c14-9-2-1-7-3-8-4-10(15)6-11(16)13(8)17-12(7)5-9/h1-2,4-5,15H,3,6H2. The van der Waals surface area contributed by atoms with Crippen LogP contribution in [-0.4, -0.2) is 10.9 Å². The summed E-state index contributed by atoms with van der Waals surface area (Å²) in [5, 5.41) is 9.40. The molecule has 0 aromatic heterocycles. The van der Waals surface area contributed by atoms with Gasteiger partial charge in [-0.15, -0.1) is 0 Å². The van der Waals surface area contributed by atoms with Crippen LogP contribution in [0.4, 0.5) is 4.39 Å². The zero-order valence-electron chi connectivity index (χ0n) is 8.87. The van der Waals surface area contributed by atoms with Gasteiger partial charge in [0.25, 0.3) is 0 Å². The lowest BCUT2D eigenvalue weighted by Gasteiger charge is -2.23. The molecular formula is C13H9FO3. The Hall–Kier alpha value is -2.10. The van der Waals surface area contributed by atoms with Gasteiger partial charge in [-0.05, 0) is 17.7 Å². The molecule has 17 heavy (non-hydrogen) atoms. The van der Waals surface area contributed by atoms with Crippen LogP contribution in [0.1, 0.15) is 12.0 Å². The summed E-state index contributed by atoms with van der Waals surface area (Å²) < 4.78 is 18.5. The van der Waals surface area contributed by atoms with Gasteiger partial charge in [0.05, 0.1) is 6.42 Å². The molecule has 0 amide bonds. The molecule has 1 aliphatic carbocycles. The van der Waals surface area contributed by atoms with Crippen LogP contribution in [0.25, 0.3) is 0 Å². The topological polar surface area (TPSA) is 46.5 Å². The number of benzene rings is 1. The maximum Gasteiger partial charge on any atom is 0.205 e. The first-order chi connectivity index (χ1) is 8.13. The van der Waals surface area contributed by atoms with Crippen LogP contribution in [0.5, 0.6) is 5.75 Å². The minimum absolute atomic E-state index is 0.0444. The van der Waals surface area contributed by atoms with Crippen LogP contribution in [0.3, 0.4) is 0 Å². The second-order valence-electron chi connectivity index (χ2n) is 4.12. The zero-order valence-corrected chi connectivity index (χ0v) is 8.87. The summed E-state index contributed by atoms with van der Waals surface area (Å²) in [6, 6.07) is 4.24. The first-order valence-corrected chi connectivity index (χ1v) is 5.25. The highest BCUT2D eigenvalue weighted by molar-refractivity contribution is 5.98. The molecule has 3 rings (SSSR count). The molecule has 1 aliphatic heterocycles. The third-order valence-electron chi connectivity index (χ3n) is 2.85. The summed E-state index contributed by atoms with van der Waals surface area (Å²) in [4.78, 5) is 11.7. The molecule has 2 aliphatic rings. The summed E-state index contributed by atoms with van der Waals surface area (Å²) in [5.41, 5.74) is 1.46. The smallest absolute Gasteiger partial charge is 0.205 e. The Labute approximate surface area is 96.8 Å². The Morgan fingerprint density at radius 1 is 1.29 bits per heavy atom. The van der Waals surface area contributed by atoms with E-state index in [2.05, 4.69) is 0 Å². The van der Waals surface area contributed by atoms with Crippen molar-refractivity contribution in [3.05, 3.63) is 52.7 Å². The molecule has 0 fully saturated rings. The number of halogens is 1. The van der Waals surface area contributed by atoms with Gasteiger partial charge in [-0.25, -0.2) is 4.39 Å². The normalized spacial score (nSPS) is 18.2. The van der Waals surface area contributed by atoms with Crippen molar-refractivity contribution in [2.24, 2.45) is 0 Å². The van der Waals surface area contributed by atoms with E-state index in [0.29, 0.717) is 17.7 Å². The average Bonchev–Trinajstić information content (AvgIpc) is 2.27. The zero-order chi connectivity index (χ0) is 12.0. The van der Waals surface area contributed by atoms with Crippen molar-refractivity contribution in [3.63, 3.8) is 0 Å². The molecule has 0 saturated heterocycles. The number of rotatable bonds is 0. The second-order valence-corrected chi connectivity index (χ2v) is 4.12. The molecule has 0 atom stereocenters. The van der Waals surface area contributed by atoms with E-state index in [1.54, 1.807) is 12.1 Å². The van der Waals surface area contributed by atoms with E-state index in [9.17, 15) is 14.3 Å². The lowest BCUT2D eigenvalue weighted by molar-refractivity contribution is -0.117. The Kier molecular flexibility index (Phi) is 2.04. The minimum atomic E-state index is -0.394. The number of hydrogen-bond donors (Lipinski definition) is 1. The third kappa shape index (κ3) is 1.62. The molecular weight excluding hydrogens is 223 g/mol. The maximum absolute atomic E-state index is 13.0. The van der Waals surface area contributed by atoms with Crippen molar-refractivity contribution < 1.29 is 19.0 Å². The fraction of sp³-hybridized carbons (Fsp3) is 0.154. The molecule has 1 aromatic rings. The summed E-state index contributed by atoms with van der Waals surface area (Å²) in [6.45, 7) is 0. The molecule has 0 saturated carbocycles. The molecule has 3 nitrogen and oxygen atoms in total. The Balaban J connectivity index is 2.07. The molecule has 0 bridgehead atoms. The van der Waals surface area contributed by atoms with Crippen LogP contribution >= 0.6 is 0 Å². The largest absolute Gasteiger partial charge is 0.512 e.